The Morgan fingerprint density at radius 1 is 1.50 bits per heavy atom. The van der Waals surface area contributed by atoms with Crippen LogP contribution in [-0.2, 0) is 0 Å². The molecule has 0 aromatic carbocycles. The Balaban J connectivity index is 0.00000242. The first kappa shape index (κ1) is 19.6. The summed E-state index contributed by atoms with van der Waals surface area (Å²) in [6, 6.07) is 4.13. The van der Waals surface area contributed by atoms with E-state index in [0.717, 1.165) is 30.1 Å². The van der Waals surface area contributed by atoms with E-state index < -0.39 is 0 Å². The summed E-state index contributed by atoms with van der Waals surface area (Å²) in [7, 11) is 5.93. The average molecular weight is 438 g/mol. The Morgan fingerprint density at radius 2 is 2.32 bits per heavy atom. The van der Waals surface area contributed by atoms with E-state index in [1.165, 1.54) is 18.6 Å². The zero-order valence-electron chi connectivity index (χ0n) is 13.5. The average Bonchev–Trinajstić information content (AvgIpc) is 3.15. The molecule has 1 aliphatic heterocycles. The molecule has 2 unspecified atom stereocenters. The summed E-state index contributed by atoms with van der Waals surface area (Å²) in [5.74, 6) is 3.12. The molecule has 1 aromatic rings. The number of guanidine groups is 1. The summed E-state index contributed by atoms with van der Waals surface area (Å²) < 4.78 is 5.52. The lowest BCUT2D eigenvalue weighted by molar-refractivity contribution is 0.258. The summed E-state index contributed by atoms with van der Waals surface area (Å²) in [4.78, 5) is 6.44. The molecule has 7 heteroatoms. The molecule has 1 fully saturated rings. The molecule has 0 bridgehead atoms. The third-order valence-corrected chi connectivity index (χ3v) is 5.10. The number of furan rings is 1. The first-order valence-corrected chi connectivity index (χ1v) is 8.51. The zero-order valence-corrected chi connectivity index (χ0v) is 16.7. The molecule has 22 heavy (non-hydrogen) atoms. The van der Waals surface area contributed by atoms with Crippen LogP contribution >= 0.6 is 35.7 Å². The summed E-state index contributed by atoms with van der Waals surface area (Å²) in [5, 5.41) is 7.53. The summed E-state index contributed by atoms with van der Waals surface area (Å²) >= 11 is 2.05. The lowest BCUT2D eigenvalue weighted by Gasteiger charge is -2.24. The molecule has 0 amide bonds. The Hall–Kier alpha value is -0.410. The zero-order chi connectivity index (χ0) is 15.1. The Bertz CT molecular complexity index is 433. The van der Waals surface area contributed by atoms with Crippen molar-refractivity contribution in [3.8, 4) is 0 Å². The number of aliphatic imine (C=N–C) groups is 1. The van der Waals surface area contributed by atoms with Crippen LogP contribution in [0.3, 0.4) is 0 Å². The van der Waals surface area contributed by atoms with E-state index in [1.54, 1.807) is 6.26 Å². The van der Waals surface area contributed by atoms with Crippen molar-refractivity contribution in [2.75, 3.05) is 40.0 Å². The van der Waals surface area contributed by atoms with Crippen LogP contribution in [0, 0.1) is 0 Å². The summed E-state index contributed by atoms with van der Waals surface area (Å²) in [6.07, 6.45) is 4.36. The maximum Gasteiger partial charge on any atom is 0.191 e. The molecule has 0 aliphatic carbocycles. The van der Waals surface area contributed by atoms with Gasteiger partial charge in [0.1, 0.15) is 5.76 Å². The van der Waals surface area contributed by atoms with Gasteiger partial charge < -0.3 is 15.1 Å². The second-order valence-electron chi connectivity index (χ2n) is 5.46. The predicted octanol–water partition coefficient (Wildman–Crippen LogP) is 2.56. The first-order chi connectivity index (χ1) is 10.2. The molecule has 2 rings (SSSR count). The molecule has 1 aliphatic rings. The minimum Gasteiger partial charge on any atom is -0.468 e. The van der Waals surface area contributed by atoms with Gasteiger partial charge >= 0.3 is 0 Å². The Morgan fingerprint density at radius 3 is 2.86 bits per heavy atom. The molecule has 2 atom stereocenters. The molecule has 1 aromatic heterocycles. The van der Waals surface area contributed by atoms with E-state index in [9.17, 15) is 0 Å². The molecule has 1 saturated heterocycles. The molecule has 126 valence electrons. The molecule has 5 nitrogen and oxygen atoms in total. The van der Waals surface area contributed by atoms with Gasteiger partial charge in [-0.3, -0.25) is 9.89 Å². The van der Waals surface area contributed by atoms with E-state index in [1.807, 2.05) is 19.2 Å². The van der Waals surface area contributed by atoms with Crippen LogP contribution in [0.2, 0.25) is 0 Å². The van der Waals surface area contributed by atoms with Crippen LogP contribution in [0.25, 0.3) is 0 Å². The predicted molar refractivity (Wildman–Crippen MR) is 105 cm³/mol. The van der Waals surface area contributed by atoms with Crippen molar-refractivity contribution < 1.29 is 4.42 Å². The number of halogens is 1. The van der Waals surface area contributed by atoms with Gasteiger partial charge in [-0.15, -0.1) is 24.0 Å². The van der Waals surface area contributed by atoms with E-state index in [4.69, 9.17) is 4.42 Å². The lowest BCUT2D eigenvalue weighted by Crippen LogP contribution is -2.43. The highest BCUT2D eigenvalue weighted by molar-refractivity contribution is 14.0. The highest BCUT2D eigenvalue weighted by Crippen LogP contribution is 2.25. The normalized spacial score (nSPS) is 19.8. The van der Waals surface area contributed by atoms with Crippen LogP contribution in [0.1, 0.15) is 24.6 Å². The fourth-order valence-electron chi connectivity index (χ4n) is 2.45. The van der Waals surface area contributed by atoms with Crippen LogP contribution in [0.4, 0.5) is 0 Å². The topological polar surface area (TPSA) is 52.8 Å². The van der Waals surface area contributed by atoms with Crippen LogP contribution in [0.15, 0.2) is 27.8 Å². The van der Waals surface area contributed by atoms with Crippen molar-refractivity contribution >= 4 is 41.7 Å². The SMILES string of the molecule is CN=C(NCC1CCCS1)NCC(c1ccco1)N(C)C.I. The van der Waals surface area contributed by atoms with E-state index >= 15 is 0 Å². The van der Waals surface area contributed by atoms with Gasteiger partial charge in [0.25, 0.3) is 0 Å². The van der Waals surface area contributed by atoms with Crippen molar-refractivity contribution in [1.82, 2.24) is 15.5 Å². The van der Waals surface area contributed by atoms with Gasteiger partial charge in [-0.1, -0.05) is 0 Å². The molecule has 0 radical (unpaired) electrons. The lowest BCUT2D eigenvalue weighted by atomic mass is 10.2. The standard InChI is InChI=1S/C15H26N4OS.HI/c1-16-15(17-10-12-6-5-9-21-12)18-11-13(19(2)3)14-7-4-8-20-14;/h4,7-8,12-13H,5-6,9-11H2,1-3H3,(H2,16,17,18);1H. The molecule has 0 saturated carbocycles. The first-order valence-electron chi connectivity index (χ1n) is 7.46. The number of hydrogen-bond donors (Lipinski definition) is 2. The van der Waals surface area contributed by atoms with E-state index in [2.05, 4.69) is 46.4 Å². The minimum absolute atomic E-state index is 0. The Labute approximate surface area is 154 Å². The van der Waals surface area contributed by atoms with Crippen molar-refractivity contribution in [3.05, 3.63) is 24.2 Å². The molecular formula is C15H27IN4OS. The summed E-state index contributed by atoms with van der Waals surface area (Å²) in [6.45, 7) is 1.75. The van der Waals surface area contributed by atoms with Crippen molar-refractivity contribution in [2.45, 2.75) is 24.1 Å². The minimum atomic E-state index is 0. The second kappa shape index (κ2) is 10.4. The third kappa shape index (κ3) is 6.00. The third-order valence-electron chi connectivity index (χ3n) is 3.70. The van der Waals surface area contributed by atoms with Gasteiger partial charge in [-0.05, 0) is 44.8 Å². The van der Waals surface area contributed by atoms with Crippen LogP contribution < -0.4 is 10.6 Å². The largest absolute Gasteiger partial charge is 0.468 e. The number of thioether (sulfide) groups is 1. The second-order valence-corrected chi connectivity index (χ2v) is 6.87. The van der Waals surface area contributed by atoms with Gasteiger partial charge in [0.05, 0.1) is 12.3 Å². The van der Waals surface area contributed by atoms with Crippen molar-refractivity contribution in [2.24, 2.45) is 4.99 Å². The van der Waals surface area contributed by atoms with Crippen molar-refractivity contribution in [1.29, 1.82) is 0 Å². The highest BCUT2D eigenvalue weighted by atomic mass is 127. The smallest absolute Gasteiger partial charge is 0.191 e. The van der Waals surface area contributed by atoms with Crippen LogP contribution in [0.5, 0.6) is 0 Å². The molecular weight excluding hydrogens is 411 g/mol. The molecule has 2 N–H and O–H groups in total. The highest BCUT2D eigenvalue weighted by Gasteiger charge is 2.18. The number of nitrogens with zero attached hydrogens (tertiary/aromatic N) is 2. The number of likely N-dealkylation sites (N-methyl/N-ethyl adjacent to an activating group) is 1. The van der Waals surface area contributed by atoms with Gasteiger partial charge in [-0.2, -0.15) is 11.8 Å². The Kier molecular flexibility index (Phi) is 9.27. The quantitative estimate of drug-likeness (QED) is 0.406. The number of rotatable bonds is 6. The van der Waals surface area contributed by atoms with E-state index in [0.29, 0.717) is 0 Å². The van der Waals surface area contributed by atoms with Gasteiger partial charge in [0, 0.05) is 25.4 Å². The molecule has 2 heterocycles. The maximum absolute atomic E-state index is 5.52. The number of nitrogens with one attached hydrogen (secondary N) is 2. The summed E-state index contributed by atoms with van der Waals surface area (Å²) in [5.41, 5.74) is 0. The number of hydrogen-bond acceptors (Lipinski definition) is 4. The maximum atomic E-state index is 5.52. The fourth-order valence-corrected chi connectivity index (χ4v) is 3.65. The van der Waals surface area contributed by atoms with E-state index in [-0.39, 0.29) is 30.0 Å². The molecule has 0 spiro atoms. The van der Waals surface area contributed by atoms with Crippen LogP contribution in [-0.4, -0.2) is 56.1 Å². The van der Waals surface area contributed by atoms with Gasteiger partial charge in [-0.25, -0.2) is 0 Å². The fraction of sp³-hybridized carbons (Fsp3) is 0.667. The van der Waals surface area contributed by atoms with Gasteiger partial charge in [0.15, 0.2) is 5.96 Å². The monoisotopic (exact) mass is 438 g/mol. The van der Waals surface area contributed by atoms with Crippen molar-refractivity contribution in [3.63, 3.8) is 0 Å². The van der Waals surface area contributed by atoms with Gasteiger partial charge in [0.2, 0.25) is 0 Å².